The minimum Gasteiger partial charge on any atom is -0.387 e. The average Bonchev–Trinajstić information content (AvgIpc) is 2.38. The molecule has 0 radical (unpaired) electrons. The summed E-state index contributed by atoms with van der Waals surface area (Å²) in [5, 5.41) is 16.9. The van der Waals surface area contributed by atoms with Crippen molar-refractivity contribution in [3.05, 3.63) is 34.9 Å². The summed E-state index contributed by atoms with van der Waals surface area (Å²) in [4.78, 5) is 4.27. The lowest BCUT2D eigenvalue weighted by Crippen LogP contribution is -2.42. The van der Waals surface area contributed by atoms with E-state index in [4.69, 9.17) is 11.6 Å². The number of hydrogen-bond donors (Lipinski definition) is 3. The molecule has 6 heteroatoms. The summed E-state index contributed by atoms with van der Waals surface area (Å²) in [6.45, 7) is 2.21. The number of halogens is 2. The molecule has 18 heavy (non-hydrogen) atoms. The van der Waals surface area contributed by atoms with E-state index in [1.807, 2.05) is 12.1 Å². The molecule has 1 unspecified atom stereocenters. The standard InChI is InChI=1S/C12H16ClN3O.HI/c13-10-4-2-9(3-5-10)11(17)8-16-12-14-6-1-7-15-12;/h2-5,11,17H,1,6-8H2,(H2,14,15,16);1H. The zero-order valence-electron chi connectivity index (χ0n) is 9.90. The molecule has 0 amide bonds. The summed E-state index contributed by atoms with van der Waals surface area (Å²) < 4.78 is 0. The van der Waals surface area contributed by atoms with E-state index in [1.165, 1.54) is 0 Å². The van der Waals surface area contributed by atoms with Gasteiger partial charge < -0.3 is 15.7 Å². The Morgan fingerprint density at radius 2 is 2.11 bits per heavy atom. The Bertz CT molecular complexity index is 397. The van der Waals surface area contributed by atoms with Gasteiger partial charge in [0.15, 0.2) is 5.96 Å². The average molecular weight is 382 g/mol. The Balaban J connectivity index is 0.00000162. The molecule has 0 aromatic heterocycles. The zero-order valence-corrected chi connectivity index (χ0v) is 13.0. The van der Waals surface area contributed by atoms with E-state index < -0.39 is 6.10 Å². The zero-order chi connectivity index (χ0) is 12.1. The molecule has 1 aromatic carbocycles. The third-order valence-electron chi connectivity index (χ3n) is 2.61. The molecule has 0 fully saturated rings. The Morgan fingerprint density at radius 3 is 2.72 bits per heavy atom. The highest BCUT2D eigenvalue weighted by Crippen LogP contribution is 2.15. The number of aliphatic imine (C=N–C) groups is 1. The van der Waals surface area contributed by atoms with Crippen LogP contribution in [-0.4, -0.2) is 30.7 Å². The van der Waals surface area contributed by atoms with Crippen molar-refractivity contribution in [2.75, 3.05) is 19.6 Å². The summed E-state index contributed by atoms with van der Waals surface area (Å²) >= 11 is 5.79. The number of nitrogens with one attached hydrogen (secondary N) is 2. The molecule has 1 atom stereocenters. The number of hydrogen-bond acceptors (Lipinski definition) is 4. The van der Waals surface area contributed by atoms with Crippen LogP contribution in [0.15, 0.2) is 29.3 Å². The molecule has 0 saturated carbocycles. The fourth-order valence-corrected chi connectivity index (χ4v) is 1.77. The molecule has 3 N–H and O–H groups in total. The van der Waals surface area contributed by atoms with Crippen molar-refractivity contribution >= 4 is 41.5 Å². The highest BCUT2D eigenvalue weighted by molar-refractivity contribution is 14.0. The molecule has 0 bridgehead atoms. The van der Waals surface area contributed by atoms with Gasteiger partial charge in [0.1, 0.15) is 0 Å². The predicted octanol–water partition coefficient (Wildman–Crippen LogP) is 1.93. The molecule has 1 aliphatic rings. The fourth-order valence-electron chi connectivity index (χ4n) is 1.65. The SMILES string of the molecule is I.OC(CNC1=NCCCN1)c1ccc(Cl)cc1. The second kappa shape index (κ2) is 7.81. The minimum absolute atomic E-state index is 0. The van der Waals surface area contributed by atoms with E-state index in [1.54, 1.807) is 12.1 Å². The van der Waals surface area contributed by atoms with Gasteiger partial charge in [-0.3, -0.25) is 4.99 Å². The number of aliphatic hydroxyl groups excluding tert-OH is 1. The summed E-state index contributed by atoms with van der Waals surface area (Å²) in [5.41, 5.74) is 0.846. The summed E-state index contributed by atoms with van der Waals surface area (Å²) in [5.74, 6) is 0.768. The van der Waals surface area contributed by atoms with Crippen molar-refractivity contribution in [1.82, 2.24) is 10.6 Å². The fraction of sp³-hybridized carbons (Fsp3) is 0.417. The lowest BCUT2D eigenvalue weighted by Gasteiger charge is -2.18. The molecular formula is C12H17ClIN3O. The van der Waals surface area contributed by atoms with Crippen LogP contribution in [0.1, 0.15) is 18.1 Å². The van der Waals surface area contributed by atoms with Crippen molar-refractivity contribution in [2.24, 2.45) is 4.99 Å². The molecule has 4 nitrogen and oxygen atoms in total. The molecule has 0 aliphatic carbocycles. The second-order valence-corrected chi connectivity index (χ2v) is 4.40. The third kappa shape index (κ3) is 4.62. The van der Waals surface area contributed by atoms with E-state index >= 15 is 0 Å². The predicted molar refractivity (Wildman–Crippen MR) is 84.8 cm³/mol. The van der Waals surface area contributed by atoms with Crippen LogP contribution in [0.5, 0.6) is 0 Å². The van der Waals surface area contributed by atoms with Crippen molar-refractivity contribution < 1.29 is 5.11 Å². The minimum atomic E-state index is -0.557. The Labute approximate surface area is 129 Å². The smallest absolute Gasteiger partial charge is 0.191 e. The van der Waals surface area contributed by atoms with Gasteiger partial charge in [0, 0.05) is 24.7 Å². The van der Waals surface area contributed by atoms with Gasteiger partial charge in [0.25, 0.3) is 0 Å². The molecule has 1 aromatic rings. The van der Waals surface area contributed by atoms with Crippen molar-refractivity contribution in [3.8, 4) is 0 Å². The molecule has 0 spiro atoms. The van der Waals surface area contributed by atoms with Crippen molar-refractivity contribution in [3.63, 3.8) is 0 Å². The van der Waals surface area contributed by atoms with Crippen LogP contribution < -0.4 is 10.6 Å². The van der Waals surface area contributed by atoms with Gasteiger partial charge in [0.2, 0.25) is 0 Å². The Morgan fingerprint density at radius 1 is 1.39 bits per heavy atom. The molecule has 100 valence electrons. The van der Waals surface area contributed by atoms with Gasteiger partial charge in [-0.25, -0.2) is 0 Å². The van der Waals surface area contributed by atoms with Gasteiger partial charge in [-0.2, -0.15) is 0 Å². The normalized spacial score (nSPS) is 16.0. The maximum absolute atomic E-state index is 9.95. The Kier molecular flexibility index (Phi) is 6.73. The number of nitrogens with zero attached hydrogens (tertiary/aromatic N) is 1. The maximum Gasteiger partial charge on any atom is 0.191 e. The van der Waals surface area contributed by atoms with Gasteiger partial charge in [0.05, 0.1) is 6.10 Å². The highest BCUT2D eigenvalue weighted by Gasteiger charge is 2.09. The molecule has 2 rings (SSSR count). The first-order chi connectivity index (χ1) is 8.25. The largest absolute Gasteiger partial charge is 0.387 e. The molecule has 1 aliphatic heterocycles. The van der Waals surface area contributed by atoms with Crippen molar-refractivity contribution in [2.45, 2.75) is 12.5 Å². The van der Waals surface area contributed by atoms with Gasteiger partial charge in [-0.1, -0.05) is 23.7 Å². The summed E-state index contributed by atoms with van der Waals surface area (Å²) in [7, 11) is 0. The van der Waals surface area contributed by atoms with Crippen LogP contribution in [0, 0.1) is 0 Å². The lowest BCUT2D eigenvalue weighted by atomic mass is 10.1. The van der Waals surface area contributed by atoms with E-state index in [2.05, 4.69) is 15.6 Å². The van der Waals surface area contributed by atoms with Crippen LogP contribution in [0.25, 0.3) is 0 Å². The number of aliphatic hydroxyl groups is 1. The molecular weight excluding hydrogens is 365 g/mol. The molecule has 0 saturated heterocycles. The molecule has 1 heterocycles. The highest BCUT2D eigenvalue weighted by atomic mass is 127. The number of benzene rings is 1. The maximum atomic E-state index is 9.95. The number of rotatable bonds is 3. The number of guanidine groups is 1. The van der Waals surface area contributed by atoms with E-state index in [9.17, 15) is 5.11 Å². The topological polar surface area (TPSA) is 56.6 Å². The van der Waals surface area contributed by atoms with E-state index in [-0.39, 0.29) is 24.0 Å². The second-order valence-electron chi connectivity index (χ2n) is 3.96. The van der Waals surface area contributed by atoms with E-state index in [0.29, 0.717) is 11.6 Å². The Hall–Kier alpha value is -0.530. The van der Waals surface area contributed by atoms with Crippen LogP contribution in [0.3, 0.4) is 0 Å². The van der Waals surface area contributed by atoms with Gasteiger partial charge in [-0.05, 0) is 24.1 Å². The van der Waals surface area contributed by atoms with Crippen LogP contribution >= 0.6 is 35.6 Å². The summed E-state index contributed by atoms with van der Waals surface area (Å²) in [6, 6.07) is 7.20. The third-order valence-corrected chi connectivity index (χ3v) is 2.87. The first-order valence-electron chi connectivity index (χ1n) is 5.71. The first kappa shape index (κ1) is 15.5. The monoisotopic (exact) mass is 381 g/mol. The summed E-state index contributed by atoms with van der Waals surface area (Å²) in [6.07, 6.45) is 0.504. The lowest BCUT2D eigenvalue weighted by molar-refractivity contribution is 0.181. The van der Waals surface area contributed by atoms with Gasteiger partial charge in [-0.15, -0.1) is 24.0 Å². The van der Waals surface area contributed by atoms with Gasteiger partial charge >= 0.3 is 0 Å². The quantitative estimate of drug-likeness (QED) is 0.701. The van der Waals surface area contributed by atoms with Crippen LogP contribution in [0.4, 0.5) is 0 Å². The van der Waals surface area contributed by atoms with E-state index in [0.717, 1.165) is 31.0 Å². The van der Waals surface area contributed by atoms with Crippen molar-refractivity contribution in [1.29, 1.82) is 0 Å². The first-order valence-corrected chi connectivity index (χ1v) is 6.09. The van der Waals surface area contributed by atoms with Crippen LogP contribution in [0.2, 0.25) is 5.02 Å². The van der Waals surface area contributed by atoms with Crippen LogP contribution in [-0.2, 0) is 0 Å².